The Kier molecular flexibility index (Phi) is 4.20. The zero-order valence-corrected chi connectivity index (χ0v) is 11.7. The van der Waals surface area contributed by atoms with Crippen LogP contribution in [0.15, 0.2) is 0 Å². The van der Waals surface area contributed by atoms with Gasteiger partial charge in [-0.05, 0) is 25.7 Å². The summed E-state index contributed by atoms with van der Waals surface area (Å²) in [5, 5.41) is 3.29. The summed E-state index contributed by atoms with van der Waals surface area (Å²) in [6.07, 6.45) is 7.94. The summed E-state index contributed by atoms with van der Waals surface area (Å²) < 4.78 is 11.5. The Morgan fingerprint density at radius 2 is 2.00 bits per heavy atom. The summed E-state index contributed by atoms with van der Waals surface area (Å²) >= 11 is 0. The zero-order chi connectivity index (χ0) is 13.1. The molecule has 3 rings (SSSR count). The van der Waals surface area contributed by atoms with Gasteiger partial charge in [-0.2, -0.15) is 0 Å². The Morgan fingerprint density at radius 1 is 1.16 bits per heavy atom. The van der Waals surface area contributed by atoms with Crippen LogP contribution in [-0.4, -0.2) is 43.8 Å². The summed E-state index contributed by atoms with van der Waals surface area (Å²) in [6.45, 7) is 2.82. The Bertz CT molecular complexity index is 314. The van der Waals surface area contributed by atoms with Crippen molar-refractivity contribution in [2.45, 2.75) is 56.6 Å². The Hall–Kier alpha value is -0.450. The second-order valence-electron chi connectivity index (χ2n) is 6.27. The molecule has 2 atom stereocenters. The van der Waals surface area contributed by atoms with Crippen molar-refractivity contribution in [1.29, 1.82) is 0 Å². The van der Waals surface area contributed by atoms with Crippen LogP contribution >= 0.6 is 0 Å². The molecule has 0 radical (unpaired) electrons. The maximum atomic E-state index is 12.6. The highest BCUT2D eigenvalue weighted by Crippen LogP contribution is 2.41. The molecule has 0 aromatic heterocycles. The van der Waals surface area contributed by atoms with E-state index in [2.05, 4.69) is 5.32 Å². The van der Waals surface area contributed by atoms with Crippen molar-refractivity contribution in [1.82, 2.24) is 5.32 Å². The largest absolute Gasteiger partial charge is 0.378 e. The first-order chi connectivity index (χ1) is 9.29. The van der Waals surface area contributed by atoms with Crippen LogP contribution in [0.2, 0.25) is 0 Å². The number of ketones is 1. The minimum Gasteiger partial charge on any atom is -0.378 e. The molecule has 2 heterocycles. The van der Waals surface area contributed by atoms with Gasteiger partial charge in [-0.3, -0.25) is 4.79 Å². The van der Waals surface area contributed by atoms with Gasteiger partial charge in [0.05, 0.1) is 24.9 Å². The molecule has 3 fully saturated rings. The van der Waals surface area contributed by atoms with Gasteiger partial charge in [0.1, 0.15) is 0 Å². The molecule has 1 saturated carbocycles. The lowest BCUT2D eigenvalue weighted by Crippen LogP contribution is -2.52. The fourth-order valence-electron chi connectivity index (χ4n) is 3.85. The summed E-state index contributed by atoms with van der Waals surface area (Å²) in [4.78, 5) is 12.6. The fraction of sp³-hybridized carbons (Fsp3) is 0.933. The molecule has 1 spiro atoms. The van der Waals surface area contributed by atoms with Crippen LogP contribution < -0.4 is 5.32 Å². The lowest BCUT2D eigenvalue weighted by atomic mass is 9.74. The number of morpholine rings is 1. The lowest BCUT2D eigenvalue weighted by Gasteiger charge is -2.43. The number of Topliss-reactive ketones (excluding diaryl/α,β-unsaturated/α-hetero) is 1. The molecule has 108 valence electrons. The average molecular weight is 267 g/mol. The van der Waals surface area contributed by atoms with E-state index < -0.39 is 0 Å². The highest BCUT2D eigenvalue weighted by atomic mass is 16.5. The predicted octanol–water partition coefficient (Wildman–Crippen LogP) is 1.67. The first kappa shape index (κ1) is 13.5. The van der Waals surface area contributed by atoms with Gasteiger partial charge in [-0.1, -0.05) is 19.3 Å². The molecule has 2 unspecified atom stereocenters. The van der Waals surface area contributed by atoms with Crippen LogP contribution in [0.3, 0.4) is 0 Å². The SMILES string of the molecule is O=C(C1CCOC2(CCCCC2)C1)C1COCCN1. The molecular formula is C15H25NO3. The monoisotopic (exact) mass is 267 g/mol. The van der Waals surface area contributed by atoms with Crippen molar-refractivity contribution in [3.05, 3.63) is 0 Å². The Balaban J connectivity index is 1.62. The highest BCUT2D eigenvalue weighted by Gasteiger charge is 2.42. The number of hydrogen-bond donors (Lipinski definition) is 1. The van der Waals surface area contributed by atoms with Crippen LogP contribution in [0.4, 0.5) is 0 Å². The van der Waals surface area contributed by atoms with E-state index >= 15 is 0 Å². The van der Waals surface area contributed by atoms with Gasteiger partial charge in [0.2, 0.25) is 0 Å². The molecule has 2 saturated heterocycles. The van der Waals surface area contributed by atoms with Crippen LogP contribution in [0.1, 0.15) is 44.9 Å². The zero-order valence-electron chi connectivity index (χ0n) is 11.7. The first-order valence-electron chi connectivity index (χ1n) is 7.78. The third-order valence-corrected chi connectivity index (χ3v) is 4.93. The van der Waals surface area contributed by atoms with Gasteiger partial charge in [0.15, 0.2) is 5.78 Å². The number of hydrogen-bond acceptors (Lipinski definition) is 4. The number of ether oxygens (including phenoxy) is 2. The van der Waals surface area contributed by atoms with Gasteiger partial charge in [-0.25, -0.2) is 0 Å². The molecule has 4 heteroatoms. The van der Waals surface area contributed by atoms with Crippen LogP contribution in [0.25, 0.3) is 0 Å². The molecule has 0 aromatic carbocycles. The molecule has 0 aromatic rings. The highest BCUT2D eigenvalue weighted by molar-refractivity contribution is 5.86. The van der Waals surface area contributed by atoms with Crippen molar-refractivity contribution < 1.29 is 14.3 Å². The second-order valence-corrected chi connectivity index (χ2v) is 6.27. The molecule has 0 bridgehead atoms. The van der Waals surface area contributed by atoms with Gasteiger partial charge >= 0.3 is 0 Å². The topological polar surface area (TPSA) is 47.6 Å². The third kappa shape index (κ3) is 3.01. The molecule has 3 aliphatic rings. The lowest BCUT2D eigenvalue weighted by molar-refractivity contribution is -0.146. The van der Waals surface area contributed by atoms with E-state index in [1.807, 2.05) is 0 Å². The summed E-state index contributed by atoms with van der Waals surface area (Å²) in [7, 11) is 0. The van der Waals surface area contributed by atoms with Gasteiger partial charge < -0.3 is 14.8 Å². The van der Waals surface area contributed by atoms with Gasteiger partial charge in [0.25, 0.3) is 0 Å². The minimum atomic E-state index is -0.0857. The van der Waals surface area contributed by atoms with Crippen molar-refractivity contribution >= 4 is 5.78 Å². The quantitative estimate of drug-likeness (QED) is 0.827. The number of rotatable bonds is 2. The Morgan fingerprint density at radius 3 is 2.74 bits per heavy atom. The van der Waals surface area contributed by atoms with Gasteiger partial charge in [-0.15, -0.1) is 0 Å². The van der Waals surface area contributed by atoms with E-state index in [4.69, 9.17) is 9.47 Å². The van der Waals surface area contributed by atoms with Crippen molar-refractivity contribution in [3.63, 3.8) is 0 Å². The summed E-state index contributed by atoms with van der Waals surface area (Å²) in [5.74, 6) is 0.527. The number of carbonyl (C=O) groups excluding carboxylic acids is 1. The average Bonchev–Trinajstić information content (AvgIpc) is 2.48. The van der Waals surface area contributed by atoms with E-state index in [9.17, 15) is 4.79 Å². The van der Waals surface area contributed by atoms with Crippen molar-refractivity contribution in [2.24, 2.45) is 5.92 Å². The molecule has 19 heavy (non-hydrogen) atoms. The van der Waals surface area contributed by atoms with Crippen LogP contribution in [0, 0.1) is 5.92 Å². The van der Waals surface area contributed by atoms with Crippen LogP contribution in [-0.2, 0) is 14.3 Å². The number of carbonyl (C=O) groups is 1. The molecular weight excluding hydrogens is 242 g/mol. The van der Waals surface area contributed by atoms with E-state index in [-0.39, 0.29) is 17.6 Å². The molecule has 4 nitrogen and oxygen atoms in total. The van der Waals surface area contributed by atoms with E-state index in [1.54, 1.807) is 0 Å². The predicted molar refractivity (Wildman–Crippen MR) is 72.1 cm³/mol. The van der Waals surface area contributed by atoms with Crippen molar-refractivity contribution in [3.8, 4) is 0 Å². The number of nitrogens with one attached hydrogen (secondary N) is 1. The normalized spacial score (nSPS) is 35.2. The summed E-state index contributed by atoms with van der Waals surface area (Å²) in [6, 6.07) is -0.0857. The van der Waals surface area contributed by atoms with E-state index in [0.29, 0.717) is 12.4 Å². The Labute approximate surface area is 115 Å². The first-order valence-corrected chi connectivity index (χ1v) is 7.78. The van der Waals surface area contributed by atoms with Gasteiger partial charge in [0, 0.05) is 19.1 Å². The summed E-state index contributed by atoms with van der Waals surface area (Å²) in [5.41, 5.74) is 0.0202. The maximum Gasteiger partial charge on any atom is 0.155 e. The molecule has 0 amide bonds. The third-order valence-electron chi connectivity index (χ3n) is 4.93. The molecule has 1 N–H and O–H groups in total. The molecule has 1 aliphatic carbocycles. The fourth-order valence-corrected chi connectivity index (χ4v) is 3.85. The standard InChI is InChI=1S/C15H25NO3/c17-14(13-11-18-9-7-16-13)12-4-8-19-15(10-12)5-2-1-3-6-15/h12-13,16H,1-11H2. The van der Waals surface area contributed by atoms with E-state index in [0.717, 1.165) is 45.4 Å². The molecule has 2 aliphatic heterocycles. The van der Waals surface area contributed by atoms with E-state index in [1.165, 1.54) is 19.3 Å². The second kappa shape index (κ2) is 5.90. The van der Waals surface area contributed by atoms with Crippen molar-refractivity contribution in [2.75, 3.05) is 26.4 Å². The van der Waals surface area contributed by atoms with Crippen LogP contribution in [0.5, 0.6) is 0 Å². The smallest absolute Gasteiger partial charge is 0.155 e. The maximum absolute atomic E-state index is 12.6. The minimum absolute atomic E-state index is 0.0202.